The quantitative estimate of drug-likeness (QED) is 0.852. The molecule has 0 radical (unpaired) electrons. The number of allylic oxidation sites excluding steroid dienone is 1. The van der Waals surface area contributed by atoms with E-state index in [0.717, 1.165) is 24.5 Å². The molecule has 3 aliphatic rings. The van der Waals surface area contributed by atoms with E-state index >= 15 is 0 Å². The zero-order chi connectivity index (χ0) is 16.9. The highest BCUT2D eigenvalue weighted by atomic mass is 16.5. The second-order valence-corrected chi connectivity index (χ2v) is 7.37. The van der Waals surface area contributed by atoms with Crippen LogP contribution in [0.4, 0.5) is 0 Å². The van der Waals surface area contributed by atoms with Gasteiger partial charge in [0.15, 0.2) is 17.3 Å². The number of ether oxygens (including phenoxy) is 2. The maximum Gasteiger partial charge on any atom is 0.164 e. The Morgan fingerprint density at radius 2 is 2.00 bits per heavy atom. The van der Waals surface area contributed by atoms with Crippen LogP contribution in [0.15, 0.2) is 24.3 Å². The molecule has 1 saturated heterocycles. The molecule has 4 heteroatoms. The van der Waals surface area contributed by atoms with E-state index in [9.17, 15) is 4.79 Å². The van der Waals surface area contributed by atoms with Crippen molar-refractivity contribution in [3.63, 3.8) is 0 Å². The first-order chi connectivity index (χ1) is 11.6. The van der Waals surface area contributed by atoms with Gasteiger partial charge < -0.3 is 14.4 Å². The molecule has 1 heterocycles. The molecule has 2 atom stereocenters. The van der Waals surface area contributed by atoms with Gasteiger partial charge in [-0.3, -0.25) is 4.79 Å². The fourth-order valence-corrected chi connectivity index (χ4v) is 4.50. The molecule has 1 saturated carbocycles. The second kappa shape index (κ2) is 5.62. The molecule has 4 nitrogen and oxygen atoms in total. The van der Waals surface area contributed by atoms with Gasteiger partial charge in [0.25, 0.3) is 0 Å². The van der Waals surface area contributed by atoms with E-state index in [-0.39, 0.29) is 17.2 Å². The molecular weight excluding hydrogens is 302 g/mol. The Bertz CT molecular complexity index is 707. The summed E-state index contributed by atoms with van der Waals surface area (Å²) in [7, 11) is 5.54. The number of likely N-dealkylation sites (tertiary alicyclic amines) is 1. The lowest BCUT2D eigenvalue weighted by Crippen LogP contribution is -2.43. The Morgan fingerprint density at radius 3 is 2.67 bits per heavy atom. The third-order valence-corrected chi connectivity index (χ3v) is 6.03. The lowest BCUT2D eigenvalue weighted by atomic mass is 9.69. The highest BCUT2D eigenvalue weighted by Crippen LogP contribution is 2.52. The molecule has 0 N–H and O–H groups in total. The molecule has 0 aromatic heterocycles. The van der Waals surface area contributed by atoms with Gasteiger partial charge in [0.1, 0.15) is 0 Å². The maximum atomic E-state index is 12.0. The number of carbonyl (C=O) groups is 1. The molecule has 0 spiro atoms. The van der Waals surface area contributed by atoms with E-state index in [0.29, 0.717) is 12.3 Å². The number of nitrogens with zero attached hydrogens (tertiary/aromatic N) is 1. The number of methoxy groups -OCH3 is 2. The number of ketones is 1. The van der Waals surface area contributed by atoms with Crippen molar-refractivity contribution >= 4 is 5.78 Å². The Kier molecular flexibility index (Phi) is 3.68. The van der Waals surface area contributed by atoms with Crippen LogP contribution < -0.4 is 9.47 Å². The first-order valence-electron chi connectivity index (χ1n) is 8.78. The summed E-state index contributed by atoms with van der Waals surface area (Å²) in [5.74, 6) is 2.49. The summed E-state index contributed by atoms with van der Waals surface area (Å²) in [4.78, 5) is 14.3. The maximum absolute atomic E-state index is 12.0. The average molecular weight is 327 g/mol. The molecule has 128 valence electrons. The van der Waals surface area contributed by atoms with Gasteiger partial charge in [-0.15, -0.1) is 0 Å². The van der Waals surface area contributed by atoms with Crippen molar-refractivity contribution in [1.29, 1.82) is 0 Å². The Hall–Kier alpha value is -1.81. The summed E-state index contributed by atoms with van der Waals surface area (Å²) in [5, 5.41) is 0. The molecule has 2 aliphatic carbocycles. The summed E-state index contributed by atoms with van der Waals surface area (Å²) in [6, 6.07) is 4.67. The van der Waals surface area contributed by atoms with Gasteiger partial charge >= 0.3 is 0 Å². The van der Waals surface area contributed by atoms with Gasteiger partial charge in [-0.2, -0.15) is 0 Å². The van der Waals surface area contributed by atoms with Gasteiger partial charge in [0, 0.05) is 23.4 Å². The molecule has 0 unspecified atom stereocenters. The monoisotopic (exact) mass is 327 g/mol. The number of fused-ring (bicyclic) bond motifs is 1. The van der Waals surface area contributed by atoms with Crippen LogP contribution >= 0.6 is 0 Å². The summed E-state index contributed by atoms with van der Waals surface area (Å²) in [6.07, 6.45) is 7.99. The standard InChI is InChI=1S/C20H25NO3/c1-21-9-8-20(7-6-15(22)12-18(20)21)14-10-16(13-4-5-13)19(24-3)17(11-14)23-2/h6-7,10-11,13,18H,4-5,8-9,12H2,1-3H3/t18-,20-/m0/s1. The van der Waals surface area contributed by atoms with Crippen molar-refractivity contribution in [3.8, 4) is 11.5 Å². The van der Waals surface area contributed by atoms with Crippen molar-refractivity contribution in [1.82, 2.24) is 4.90 Å². The largest absolute Gasteiger partial charge is 0.493 e. The number of benzene rings is 1. The van der Waals surface area contributed by atoms with Crippen molar-refractivity contribution < 1.29 is 14.3 Å². The molecular formula is C20H25NO3. The lowest BCUT2D eigenvalue weighted by molar-refractivity contribution is -0.116. The van der Waals surface area contributed by atoms with Gasteiger partial charge in [-0.05, 0) is 56.5 Å². The number of hydrogen-bond acceptors (Lipinski definition) is 4. The van der Waals surface area contributed by atoms with Crippen LogP contribution in [0.25, 0.3) is 0 Å². The highest BCUT2D eigenvalue weighted by Gasteiger charge is 2.48. The lowest BCUT2D eigenvalue weighted by Gasteiger charge is -2.38. The Morgan fingerprint density at radius 1 is 1.21 bits per heavy atom. The van der Waals surface area contributed by atoms with E-state index < -0.39 is 0 Å². The normalized spacial score (nSPS) is 29.6. The van der Waals surface area contributed by atoms with Crippen molar-refractivity contribution in [3.05, 3.63) is 35.4 Å². The van der Waals surface area contributed by atoms with E-state index in [1.807, 2.05) is 0 Å². The van der Waals surface area contributed by atoms with Crippen LogP contribution in [0.3, 0.4) is 0 Å². The third kappa shape index (κ3) is 2.27. The summed E-state index contributed by atoms with van der Waals surface area (Å²) < 4.78 is 11.3. The van der Waals surface area contributed by atoms with Gasteiger partial charge in [0.05, 0.1) is 14.2 Å². The summed E-state index contributed by atoms with van der Waals surface area (Å²) in [5.41, 5.74) is 2.44. The van der Waals surface area contributed by atoms with E-state index in [1.54, 1.807) is 20.3 Å². The predicted molar refractivity (Wildman–Crippen MR) is 93.0 cm³/mol. The summed E-state index contributed by atoms with van der Waals surface area (Å²) >= 11 is 0. The fraction of sp³-hybridized carbons (Fsp3) is 0.550. The zero-order valence-electron chi connectivity index (χ0n) is 14.7. The molecule has 1 aliphatic heterocycles. The van der Waals surface area contributed by atoms with Crippen LogP contribution in [0.5, 0.6) is 11.5 Å². The fourth-order valence-electron chi connectivity index (χ4n) is 4.50. The van der Waals surface area contributed by atoms with Crippen LogP contribution in [0, 0.1) is 0 Å². The van der Waals surface area contributed by atoms with Crippen LogP contribution in [0.2, 0.25) is 0 Å². The minimum atomic E-state index is -0.0914. The SMILES string of the molecule is COc1cc([C@@]23C=CC(=O)C[C@@H]2N(C)CC3)cc(C2CC2)c1OC. The second-order valence-electron chi connectivity index (χ2n) is 7.37. The minimum absolute atomic E-state index is 0.0914. The average Bonchev–Trinajstić information content (AvgIpc) is 3.39. The first kappa shape index (κ1) is 15.7. The first-order valence-corrected chi connectivity index (χ1v) is 8.78. The van der Waals surface area contributed by atoms with E-state index in [1.165, 1.54) is 24.0 Å². The number of likely N-dealkylation sites (N-methyl/N-ethyl adjacent to an activating group) is 1. The van der Waals surface area contributed by atoms with Crippen LogP contribution in [0.1, 0.15) is 42.7 Å². The van der Waals surface area contributed by atoms with Gasteiger partial charge in [-0.1, -0.05) is 12.1 Å². The number of hydrogen-bond donors (Lipinski definition) is 0. The zero-order valence-corrected chi connectivity index (χ0v) is 14.7. The number of carbonyl (C=O) groups excluding carboxylic acids is 1. The molecule has 0 amide bonds. The minimum Gasteiger partial charge on any atom is -0.493 e. The van der Waals surface area contributed by atoms with E-state index in [4.69, 9.17) is 9.47 Å². The topological polar surface area (TPSA) is 38.8 Å². The Labute approximate surface area is 143 Å². The molecule has 0 bridgehead atoms. The van der Waals surface area contributed by atoms with Crippen molar-refractivity contribution in [2.45, 2.75) is 43.1 Å². The number of rotatable bonds is 4. The molecule has 2 fully saturated rings. The predicted octanol–water partition coefficient (Wildman–Crippen LogP) is 3.05. The molecule has 1 aromatic carbocycles. The smallest absolute Gasteiger partial charge is 0.164 e. The third-order valence-electron chi connectivity index (χ3n) is 6.03. The molecule has 24 heavy (non-hydrogen) atoms. The summed E-state index contributed by atoms with van der Waals surface area (Å²) in [6.45, 7) is 1.01. The van der Waals surface area contributed by atoms with Crippen molar-refractivity contribution in [2.24, 2.45) is 0 Å². The highest BCUT2D eigenvalue weighted by molar-refractivity contribution is 5.92. The molecule has 1 aromatic rings. The van der Waals surface area contributed by atoms with Crippen molar-refractivity contribution in [2.75, 3.05) is 27.8 Å². The van der Waals surface area contributed by atoms with Gasteiger partial charge in [0.2, 0.25) is 0 Å². The van der Waals surface area contributed by atoms with Gasteiger partial charge in [-0.25, -0.2) is 0 Å². The Balaban J connectivity index is 1.87. The van der Waals surface area contributed by atoms with Crippen LogP contribution in [-0.4, -0.2) is 44.5 Å². The van der Waals surface area contributed by atoms with Crippen LogP contribution in [-0.2, 0) is 10.2 Å². The molecule has 4 rings (SSSR count). The van der Waals surface area contributed by atoms with E-state index in [2.05, 4.69) is 30.2 Å².